The predicted molar refractivity (Wildman–Crippen MR) is 121 cm³/mol. The molecule has 4 heterocycles. The predicted octanol–water partition coefficient (Wildman–Crippen LogP) is 3.60. The molecule has 0 spiro atoms. The smallest absolute Gasteiger partial charge is 0.251 e. The van der Waals surface area contributed by atoms with Gasteiger partial charge < -0.3 is 9.30 Å². The summed E-state index contributed by atoms with van der Waals surface area (Å²) in [6.07, 6.45) is 1.97. The van der Waals surface area contributed by atoms with Gasteiger partial charge in [-0.3, -0.25) is 14.8 Å². The largest absolute Gasteiger partial charge is 0.497 e. The molecule has 6 heteroatoms. The van der Waals surface area contributed by atoms with Crippen LogP contribution in [0.25, 0.3) is 0 Å². The molecule has 5 rings (SSSR count). The van der Waals surface area contributed by atoms with Crippen LogP contribution < -0.4 is 10.3 Å². The lowest BCUT2D eigenvalue weighted by Crippen LogP contribution is -2.49. The van der Waals surface area contributed by atoms with E-state index < -0.39 is 0 Å². The summed E-state index contributed by atoms with van der Waals surface area (Å²) in [5, 5.41) is 7.50. The number of benzene rings is 1. The molecule has 0 amide bonds. The average molecular weight is 419 g/mol. The second-order valence-electron chi connectivity index (χ2n) is 9.08. The molecule has 3 aromatic rings. The summed E-state index contributed by atoms with van der Waals surface area (Å²) in [5.41, 5.74) is 6.05. The van der Waals surface area contributed by atoms with Crippen molar-refractivity contribution in [1.82, 2.24) is 19.7 Å². The maximum absolute atomic E-state index is 13.0. The number of aromatic amines is 1. The van der Waals surface area contributed by atoms with Gasteiger partial charge in [0.15, 0.2) is 0 Å². The fraction of sp³-hybridized carbons (Fsp3) is 0.440. The van der Waals surface area contributed by atoms with Crippen LogP contribution in [0.5, 0.6) is 5.75 Å². The van der Waals surface area contributed by atoms with Crippen molar-refractivity contribution >= 4 is 0 Å². The van der Waals surface area contributed by atoms with Gasteiger partial charge in [-0.1, -0.05) is 18.2 Å². The average Bonchev–Trinajstić information content (AvgIpc) is 3.09. The third-order valence-corrected chi connectivity index (χ3v) is 7.12. The molecule has 162 valence electrons. The number of nitrogens with zero attached hydrogens (tertiary/aromatic N) is 3. The zero-order valence-corrected chi connectivity index (χ0v) is 18.5. The van der Waals surface area contributed by atoms with E-state index in [2.05, 4.69) is 51.7 Å². The van der Waals surface area contributed by atoms with E-state index in [1.54, 1.807) is 13.2 Å². The van der Waals surface area contributed by atoms with Crippen molar-refractivity contribution < 1.29 is 4.74 Å². The molecule has 0 unspecified atom stereocenters. The number of H-pyrrole nitrogens is 1. The van der Waals surface area contributed by atoms with Gasteiger partial charge in [0, 0.05) is 54.6 Å². The van der Waals surface area contributed by atoms with Crippen molar-refractivity contribution in [3.05, 3.63) is 81.0 Å². The molecule has 2 bridgehead atoms. The molecule has 1 aromatic carbocycles. The standard InChI is InChI=1S/C25H30N4O2/c1-16-22(17(2)27-26-16)15-28-13-19-12-20(14-28)24(29-23(19)8-5-9-25(29)30)11-18-6-4-7-21(10-18)31-3/h4-10,19-20,24H,11-15H2,1-3H3,(H,26,27)/t19-,20+,24+/m1/s1. The molecule has 0 radical (unpaired) electrons. The highest BCUT2D eigenvalue weighted by molar-refractivity contribution is 5.30. The minimum Gasteiger partial charge on any atom is -0.497 e. The molecular weight excluding hydrogens is 388 g/mol. The van der Waals surface area contributed by atoms with Gasteiger partial charge >= 0.3 is 0 Å². The number of pyridine rings is 1. The Bertz CT molecular complexity index is 1130. The summed E-state index contributed by atoms with van der Waals surface area (Å²) in [5.74, 6) is 1.69. The minimum atomic E-state index is 0.120. The molecule has 2 aliphatic rings. The highest BCUT2D eigenvalue weighted by Gasteiger charge is 2.40. The number of hydrogen-bond donors (Lipinski definition) is 1. The Labute approximate surface area is 182 Å². The fourth-order valence-corrected chi connectivity index (χ4v) is 5.60. The van der Waals surface area contributed by atoms with E-state index in [1.165, 1.54) is 16.8 Å². The molecule has 1 N–H and O–H groups in total. The van der Waals surface area contributed by atoms with Crippen molar-refractivity contribution in [2.24, 2.45) is 5.92 Å². The number of piperidine rings is 1. The molecule has 0 aliphatic carbocycles. The Kier molecular flexibility index (Phi) is 5.18. The lowest BCUT2D eigenvalue weighted by Gasteiger charge is -2.47. The number of likely N-dealkylation sites (tertiary alicyclic amines) is 1. The molecule has 1 saturated heterocycles. The summed E-state index contributed by atoms with van der Waals surface area (Å²) < 4.78 is 7.52. The number of rotatable bonds is 5. The van der Waals surface area contributed by atoms with E-state index in [0.29, 0.717) is 11.8 Å². The SMILES string of the molecule is COc1cccc(C[C@H]2[C@H]3C[C@H](CN(Cc4c(C)n[nH]c4C)C3)c3cccc(=O)n32)c1. The van der Waals surface area contributed by atoms with Crippen LogP contribution in [0.3, 0.4) is 0 Å². The zero-order valence-electron chi connectivity index (χ0n) is 18.5. The lowest BCUT2D eigenvalue weighted by molar-refractivity contribution is 0.0850. The van der Waals surface area contributed by atoms with E-state index in [9.17, 15) is 4.79 Å². The monoisotopic (exact) mass is 418 g/mol. The number of methoxy groups -OCH3 is 1. The molecular formula is C25H30N4O2. The van der Waals surface area contributed by atoms with Crippen LogP contribution >= 0.6 is 0 Å². The van der Waals surface area contributed by atoms with Gasteiger partial charge in [0.25, 0.3) is 5.56 Å². The normalized spacial score (nSPS) is 22.9. The van der Waals surface area contributed by atoms with Crippen molar-refractivity contribution in [2.45, 2.75) is 45.2 Å². The van der Waals surface area contributed by atoms with Gasteiger partial charge in [-0.05, 0) is 56.4 Å². The van der Waals surface area contributed by atoms with Gasteiger partial charge in [-0.25, -0.2) is 0 Å². The molecule has 2 aliphatic heterocycles. The third-order valence-electron chi connectivity index (χ3n) is 7.12. The van der Waals surface area contributed by atoms with Gasteiger partial charge in [0.2, 0.25) is 0 Å². The molecule has 31 heavy (non-hydrogen) atoms. The Balaban J connectivity index is 1.49. The maximum Gasteiger partial charge on any atom is 0.251 e. The molecule has 3 atom stereocenters. The van der Waals surface area contributed by atoms with Crippen LogP contribution in [0, 0.1) is 19.8 Å². The van der Waals surface area contributed by atoms with Gasteiger partial charge in [0.05, 0.1) is 12.8 Å². The van der Waals surface area contributed by atoms with E-state index in [-0.39, 0.29) is 11.6 Å². The van der Waals surface area contributed by atoms with Crippen LogP contribution in [0.2, 0.25) is 0 Å². The van der Waals surface area contributed by atoms with E-state index >= 15 is 0 Å². The van der Waals surface area contributed by atoms with Crippen molar-refractivity contribution in [3.8, 4) is 5.75 Å². The van der Waals surface area contributed by atoms with Crippen LogP contribution in [0.1, 0.15) is 46.6 Å². The van der Waals surface area contributed by atoms with Crippen LogP contribution in [-0.4, -0.2) is 39.9 Å². The van der Waals surface area contributed by atoms with Crippen molar-refractivity contribution in [1.29, 1.82) is 0 Å². The van der Waals surface area contributed by atoms with Gasteiger partial charge in [0.1, 0.15) is 5.75 Å². The Morgan fingerprint density at radius 1 is 1.16 bits per heavy atom. The van der Waals surface area contributed by atoms with E-state index in [0.717, 1.165) is 49.6 Å². The van der Waals surface area contributed by atoms with Crippen LogP contribution in [0.15, 0.2) is 47.3 Å². The maximum atomic E-state index is 13.0. The number of hydrogen-bond acceptors (Lipinski definition) is 4. The molecule has 0 saturated carbocycles. The zero-order chi connectivity index (χ0) is 21.5. The second kappa shape index (κ2) is 8.00. The van der Waals surface area contributed by atoms with E-state index in [1.807, 2.05) is 18.2 Å². The Hall–Kier alpha value is -2.86. The van der Waals surface area contributed by atoms with Crippen LogP contribution in [-0.2, 0) is 13.0 Å². The van der Waals surface area contributed by atoms with Gasteiger partial charge in [-0.2, -0.15) is 5.10 Å². The number of nitrogens with one attached hydrogen (secondary N) is 1. The third kappa shape index (κ3) is 3.69. The molecule has 6 nitrogen and oxygen atoms in total. The van der Waals surface area contributed by atoms with Crippen molar-refractivity contribution in [2.75, 3.05) is 20.2 Å². The summed E-state index contributed by atoms with van der Waals surface area (Å²) in [7, 11) is 1.70. The van der Waals surface area contributed by atoms with Gasteiger partial charge in [-0.15, -0.1) is 0 Å². The fourth-order valence-electron chi connectivity index (χ4n) is 5.60. The first-order valence-electron chi connectivity index (χ1n) is 11.1. The van der Waals surface area contributed by atoms with E-state index in [4.69, 9.17) is 4.74 Å². The number of aryl methyl sites for hydroxylation is 2. The minimum absolute atomic E-state index is 0.120. The quantitative estimate of drug-likeness (QED) is 0.688. The summed E-state index contributed by atoms with van der Waals surface area (Å²) in [4.78, 5) is 15.5. The topological polar surface area (TPSA) is 63.1 Å². The highest BCUT2D eigenvalue weighted by atomic mass is 16.5. The molecule has 2 aromatic heterocycles. The molecule has 1 fully saturated rings. The number of fused-ring (bicyclic) bond motifs is 4. The number of aromatic nitrogens is 3. The summed E-state index contributed by atoms with van der Waals surface area (Å²) in [6.45, 7) is 7.06. The Morgan fingerprint density at radius 2 is 2.00 bits per heavy atom. The highest BCUT2D eigenvalue weighted by Crippen LogP contribution is 2.43. The first kappa shape index (κ1) is 20.1. The summed E-state index contributed by atoms with van der Waals surface area (Å²) >= 11 is 0. The van der Waals surface area contributed by atoms with Crippen LogP contribution in [0.4, 0.5) is 0 Å². The summed E-state index contributed by atoms with van der Waals surface area (Å²) in [6, 6.07) is 14.2. The first-order chi connectivity index (χ1) is 15.0. The van der Waals surface area contributed by atoms with Crippen molar-refractivity contribution in [3.63, 3.8) is 0 Å². The number of ether oxygens (including phenoxy) is 1. The lowest BCUT2D eigenvalue weighted by atomic mass is 9.76. The Morgan fingerprint density at radius 3 is 2.77 bits per heavy atom. The second-order valence-corrected chi connectivity index (χ2v) is 9.08. The first-order valence-corrected chi connectivity index (χ1v) is 11.1.